The zero-order valence-corrected chi connectivity index (χ0v) is 16.8. The molecule has 5 nitrogen and oxygen atoms in total. The van der Waals surface area contributed by atoms with Gasteiger partial charge in [-0.1, -0.05) is 58.7 Å². The molecule has 0 spiro atoms. The van der Waals surface area contributed by atoms with Crippen LogP contribution in [0, 0.1) is 6.92 Å². The van der Waals surface area contributed by atoms with Gasteiger partial charge in [-0.05, 0) is 48.4 Å². The van der Waals surface area contributed by atoms with Crippen molar-refractivity contribution in [1.29, 1.82) is 0 Å². The molecule has 1 N–H and O–H groups in total. The Balaban J connectivity index is 1.83. The van der Waals surface area contributed by atoms with Crippen molar-refractivity contribution in [3.05, 3.63) is 94.5 Å². The number of hydrogen-bond acceptors (Lipinski definition) is 5. The summed E-state index contributed by atoms with van der Waals surface area (Å²) in [6.45, 7) is 2.06. The van der Waals surface area contributed by atoms with Crippen molar-refractivity contribution < 1.29 is 4.52 Å². The van der Waals surface area contributed by atoms with Gasteiger partial charge in [0, 0.05) is 23.8 Å². The fraction of sp³-hybridized carbons (Fsp3) is 0.0870. The Hall–Kier alpha value is -3.44. The summed E-state index contributed by atoms with van der Waals surface area (Å²) in [5, 5.41) is 7.88. The minimum atomic E-state index is 0.412. The Kier molecular flexibility index (Phi) is 5.40. The van der Waals surface area contributed by atoms with Gasteiger partial charge < -0.3 is 9.84 Å². The van der Waals surface area contributed by atoms with Crippen LogP contribution in [0.1, 0.15) is 22.6 Å². The first-order chi connectivity index (χ1) is 14.1. The zero-order valence-electron chi connectivity index (χ0n) is 16.1. The van der Waals surface area contributed by atoms with Crippen LogP contribution in [0.3, 0.4) is 0 Å². The average Bonchev–Trinajstić information content (AvgIpc) is 3.22. The van der Waals surface area contributed by atoms with Crippen molar-refractivity contribution in [2.24, 2.45) is 0 Å². The number of benzene rings is 2. The number of anilines is 1. The quantitative estimate of drug-likeness (QED) is 0.432. The highest BCUT2D eigenvalue weighted by Gasteiger charge is 2.17. The third-order valence-corrected chi connectivity index (χ3v) is 4.67. The Morgan fingerprint density at radius 2 is 1.93 bits per heavy atom. The molecule has 0 fully saturated rings. The highest BCUT2D eigenvalue weighted by molar-refractivity contribution is 6.30. The summed E-state index contributed by atoms with van der Waals surface area (Å²) in [6.07, 6.45) is 3.74. The van der Waals surface area contributed by atoms with Crippen LogP contribution < -0.4 is 5.32 Å². The summed E-state index contributed by atoms with van der Waals surface area (Å²) in [6, 6.07) is 19.5. The molecule has 0 aliphatic carbocycles. The third-order valence-electron chi connectivity index (χ3n) is 4.43. The number of aromatic nitrogens is 3. The average molecular weight is 403 g/mol. The summed E-state index contributed by atoms with van der Waals surface area (Å²) < 4.78 is 5.65. The van der Waals surface area contributed by atoms with E-state index < -0.39 is 0 Å². The Morgan fingerprint density at radius 1 is 1.07 bits per heavy atom. The van der Waals surface area contributed by atoms with E-state index in [4.69, 9.17) is 16.1 Å². The van der Waals surface area contributed by atoms with Crippen LogP contribution in [0.25, 0.3) is 23.0 Å². The largest absolute Gasteiger partial charge is 0.373 e. The molecular weight excluding hydrogens is 384 g/mol. The first-order valence-corrected chi connectivity index (χ1v) is 9.53. The second-order valence-electron chi connectivity index (χ2n) is 6.56. The predicted octanol–water partition coefficient (Wildman–Crippen LogP) is 5.72. The van der Waals surface area contributed by atoms with Crippen LogP contribution in [0.4, 0.5) is 5.82 Å². The lowest BCUT2D eigenvalue weighted by molar-refractivity contribution is 0.409. The lowest BCUT2D eigenvalue weighted by atomic mass is 10.0. The van der Waals surface area contributed by atoms with Crippen LogP contribution in [-0.2, 0) is 0 Å². The van der Waals surface area contributed by atoms with E-state index in [1.54, 1.807) is 6.20 Å². The molecule has 144 valence electrons. The number of halogens is 1. The number of aryl methyl sites for hydroxylation is 1. The molecule has 0 aliphatic heterocycles. The maximum Gasteiger partial charge on any atom is 0.258 e. The van der Waals surface area contributed by atoms with Gasteiger partial charge in [-0.2, -0.15) is 4.98 Å². The SMILES string of the molecule is CNc1ncccc1-c1noc(/C(=C/c2cccc(C)c2)c2cccc(Cl)c2)n1. The van der Waals surface area contributed by atoms with Crippen LogP contribution in [0.5, 0.6) is 0 Å². The number of nitrogens with zero attached hydrogens (tertiary/aromatic N) is 3. The highest BCUT2D eigenvalue weighted by atomic mass is 35.5. The van der Waals surface area contributed by atoms with Crippen LogP contribution in [0.15, 0.2) is 71.4 Å². The summed E-state index contributed by atoms with van der Waals surface area (Å²) in [5.41, 5.74) is 4.67. The van der Waals surface area contributed by atoms with Crippen molar-refractivity contribution in [3.8, 4) is 11.4 Å². The number of pyridine rings is 1. The van der Waals surface area contributed by atoms with Gasteiger partial charge >= 0.3 is 0 Å². The molecule has 0 amide bonds. The number of rotatable bonds is 5. The van der Waals surface area contributed by atoms with Crippen molar-refractivity contribution in [1.82, 2.24) is 15.1 Å². The van der Waals surface area contributed by atoms with Gasteiger partial charge in [-0.3, -0.25) is 0 Å². The standard InChI is InChI=1S/C23H19ClN4O/c1-15-6-3-7-16(12-15)13-20(17-8-4-9-18(24)14-17)23-27-22(28-29-23)19-10-5-11-26-21(19)25-2/h3-14H,1-2H3,(H,25,26)/b20-13+. The zero-order chi connectivity index (χ0) is 20.2. The smallest absolute Gasteiger partial charge is 0.258 e. The summed E-state index contributed by atoms with van der Waals surface area (Å²) in [5.74, 6) is 1.57. The van der Waals surface area contributed by atoms with Gasteiger partial charge in [0.25, 0.3) is 5.89 Å². The maximum atomic E-state index is 6.23. The van der Waals surface area contributed by atoms with Crippen LogP contribution >= 0.6 is 11.6 Å². The highest BCUT2D eigenvalue weighted by Crippen LogP contribution is 2.30. The second-order valence-corrected chi connectivity index (χ2v) is 6.99. The van der Waals surface area contributed by atoms with Gasteiger partial charge in [0.1, 0.15) is 5.82 Å². The number of hydrogen-bond donors (Lipinski definition) is 1. The Labute approximate surface area is 174 Å². The number of nitrogens with one attached hydrogen (secondary N) is 1. The maximum absolute atomic E-state index is 6.23. The minimum absolute atomic E-state index is 0.412. The summed E-state index contributed by atoms with van der Waals surface area (Å²) >= 11 is 6.23. The van der Waals surface area contributed by atoms with Crippen molar-refractivity contribution in [2.75, 3.05) is 12.4 Å². The molecule has 2 aromatic heterocycles. The van der Waals surface area contributed by atoms with Crippen molar-refractivity contribution >= 4 is 29.1 Å². The molecule has 4 aromatic rings. The van der Waals surface area contributed by atoms with Crippen LogP contribution in [0.2, 0.25) is 5.02 Å². The van der Waals surface area contributed by atoms with E-state index in [9.17, 15) is 0 Å². The van der Waals surface area contributed by atoms with E-state index in [1.807, 2.05) is 61.7 Å². The van der Waals surface area contributed by atoms with E-state index in [1.165, 1.54) is 5.56 Å². The lowest BCUT2D eigenvalue weighted by Crippen LogP contribution is -1.96. The lowest BCUT2D eigenvalue weighted by Gasteiger charge is -2.05. The fourth-order valence-electron chi connectivity index (χ4n) is 3.08. The predicted molar refractivity (Wildman–Crippen MR) is 117 cm³/mol. The third kappa shape index (κ3) is 4.20. The van der Waals surface area contributed by atoms with Gasteiger partial charge in [-0.25, -0.2) is 4.98 Å². The minimum Gasteiger partial charge on any atom is -0.373 e. The van der Waals surface area contributed by atoms with Gasteiger partial charge in [0.05, 0.1) is 5.56 Å². The molecule has 4 rings (SSSR count). The topological polar surface area (TPSA) is 63.8 Å². The molecule has 29 heavy (non-hydrogen) atoms. The first kappa shape index (κ1) is 18.9. The van der Waals surface area contributed by atoms with Crippen LogP contribution in [-0.4, -0.2) is 22.2 Å². The molecule has 0 saturated heterocycles. The van der Waals surface area contributed by atoms with E-state index in [2.05, 4.69) is 39.5 Å². The van der Waals surface area contributed by atoms with Crippen molar-refractivity contribution in [3.63, 3.8) is 0 Å². The van der Waals surface area contributed by atoms with Gasteiger partial charge in [-0.15, -0.1) is 0 Å². The fourth-order valence-corrected chi connectivity index (χ4v) is 3.27. The second kappa shape index (κ2) is 8.29. The molecule has 0 bridgehead atoms. The molecule has 0 atom stereocenters. The normalized spacial score (nSPS) is 11.5. The molecule has 0 radical (unpaired) electrons. The van der Waals surface area contributed by atoms with E-state index >= 15 is 0 Å². The molecule has 0 aliphatic rings. The summed E-state index contributed by atoms with van der Waals surface area (Å²) in [4.78, 5) is 8.95. The molecule has 0 saturated carbocycles. The molecule has 6 heteroatoms. The molecule has 0 unspecified atom stereocenters. The first-order valence-electron chi connectivity index (χ1n) is 9.15. The summed E-state index contributed by atoms with van der Waals surface area (Å²) in [7, 11) is 1.81. The van der Waals surface area contributed by atoms with Crippen molar-refractivity contribution in [2.45, 2.75) is 6.92 Å². The van der Waals surface area contributed by atoms with Gasteiger partial charge in [0.2, 0.25) is 5.82 Å². The van der Waals surface area contributed by atoms with E-state index in [0.29, 0.717) is 22.6 Å². The molecular formula is C23H19ClN4O. The van der Waals surface area contributed by atoms with E-state index in [-0.39, 0.29) is 0 Å². The van der Waals surface area contributed by atoms with Gasteiger partial charge in [0.15, 0.2) is 0 Å². The monoisotopic (exact) mass is 402 g/mol. The molecule has 2 heterocycles. The Morgan fingerprint density at radius 3 is 2.72 bits per heavy atom. The Bertz CT molecular complexity index is 1180. The van der Waals surface area contributed by atoms with E-state index in [0.717, 1.165) is 22.3 Å². The molecule has 2 aromatic carbocycles.